The van der Waals surface area contributed by atoms with Crippen molar-refractivity contribution in [3.05, 3.63) is 65.5 Å². The van der Waals surface area contributed by atoms with Crippen molar-refractivity contribution < 1.29 is 28.2 Å². The first-order valence-corrected chi connectivity index (χ1v) is 7.49. The molecule has 0 saturated heterocycles. The second-order valence-corrected chi connectivity index (χ2v) is 4.93. The van der Waals surface area contributed by atoms with Gasteiger partial charge in [0.15, 0.2) is 6.61 Å². The van der Waals surface area contributed by atoms with Crippen molar-refractivity contribution in [1.29, 1.82) is 0 Å². The van der Waals surface area contributed by atoms with E-state index >= 15 is 0 Å². The molecule has 2 aromatic rings. The number of carbonyl (C=O) groups excluding carboxylic acids is 3. The normalized spacial score (nSPS) is 10.0. The molecule has 0 atom stereocenters. The monoisotopic (exact) mass is 345 g/mol. The number of nitrogens with one attached hydrogen (secondary N) is 1. The number of benzene rings is 2. The number of hydrogen-bond acceptors (Lipinski definition) is 5. The number of hydrogen-bond donors (Lipinski definition) is 1. The van der Waals surface area contributed by atoms with Crippen LogP contribution in [-0.2, 0) is 14.3 Å². The second kappa shape index (κ2) is 8.58. The SMILES string of the molecule is CCOC(=O)c1ccc(NC(=O)COC(=O)c2ccc(F)cc2)cc1. The van der Waals surface area contributed by atoms with Crippen LogP contribution >= 0.6 is 0 Å². The van der Waals surface area contributed by atoms with Crippen LogP contribution in [0.1, 0.15) is 27.6 Å². The van der Waals surface area contributed by atoms with Crippen molar-refractivity contribution in [3.63, 3.8) is 0 Å². The summed E-state index contributed by atoms with van der Waals surface area (Å²) < 4.78 is 22.5. The van der Waals surface area contributed by atoms with Gasteiger partial charge in [-0.15, -0.1) is 0 Å². The first-order chi connectivity index (χ1) is 12.0. The van der Waals surface area contributed by atoms with E-state index in [0.29, 0.717) is 11.3 Å². The highest BCUT2D eigenvalue weighted by molar-refractivity contribution is 5.96. The number of carbonyl (C=O) groups is 3. The molecular weight excluding hydrogens is 329 g/mol. The van der Waals surface area contributed by atoms with Gasteiger partial charge in [-0.25, -0.2) is 14.0 Å². The minimum Gasteiger partial charge on any atom is -0.462 e. The molecule has 130 valence electrons. The van der Waals surface area contributed by atoms with Gasteiger partial charge in [0.2, 0.25) is 0 Å². The molecule has 2 aromatic carbocycles. The lowest BCUT2D eigenvalue weighted by Gasteiger charge is -2.07. The fourth-order valence-corrected chi connectivity index (χ4v) is 1.90. The van der Waals surface area contributed by atoms with Crippen LogP contribution in [0.4, 0.5) is 10.1 Å². The molecule has 0 heterocycles. The van der Waals surface area contributed by atoms with Gasteiger partial charge < -0.3 is 14.8 Å². The third-order valence-corrected chi connectivity index (χ3v) is 3.09. The average Bonchev–Trinajstić information content (AvgIpc) is 2.61. The summed E-state index contributed by atoms with van der Waals surface area (Å²) in [6, 6.07) is 10.9. The molecule has 0 unspecified atom stereocenters. The Hall–Kier alpha value is -3.22. The summed E-state index contributed by atoms with van der Waals surface area (Å²) >= 11 is 0. The third-order valence-electron chi connectivity index (χ3n) is 3.09. The summed E-state index contributed by atoms with van der Waals surface area (Å²) in [6.45, 7) is 1.49. The largest absolute Gasteiger partial charge is 0.462 e. The number of halogens is 1. The van der Waals surface area contributed by atoms with E-state index < -0.39 is 30.3 Å². The molecule has 0 fully saturated rings. The van der Waals surface area contributed by atoms with Crippen molar-refractivity contribution in [2.24, 2.45) is 0 Å². The van der Waals surface area contributed by atoms with Crippen LogP contribution in [-0.4, -0.2) is 31.1 Å². The first-order valence-electron chi connectivity index (χ1n) is 7.49. The average molecular weight is 345 g/mol. The summed E-state index contributed by atoms with van der Waals surface area (Å²) in [7, 11) is 0. The zero-order valence-corrected chi connectivity index (χ0v) is 13.5. The molecule has 0 bridgehead atoms. The molecule has 1 amide bonds. The quantitative estimate of drug-likeness (QED) is 0.814. The predicted octanol–water partition coefficient (Wildman–Crippen LogP) is 2.80. The second-order valence-electron chi connectivity index (χ2n) is 4.93. The Bertz CT molecular complexity index is 756. The minimum atomic E-state index is -0.729. The van der Waals surface area contributed by atoms with E-state index in [9.17, 15) is 18.8 Å². The molecular formula is C18H16FNO5. The third kappa shape index (κ3) is 5.42. The van der Waals surface area contributed by atoms with Crippen molar-refractivity contribution >= 4 is 23.5 Å². The maximum absolute atomic E-state index is 12.8. The van der Waals surface area contributed by atoms with Crippen molar-refractivity contribution in [1.82, 2.24) is 0 Å². The van der Waals surface area contributed by atoms with Crippen molar-refractivity contribution in [2.45, 2.75) is 6.92 Å². The Morgan fingerprint density at radius 3 is 1.96 bits per heavy atom. The molecule has 1 N–H and O–H groups in total. The molecule has 0 radical (unpaired) electrons. The lowest BCUT2D eigenvalue weighted by atomic mass is 10.2. The topological polar surface area (TPSA) is 81.7 Å². The van der Waals surface area contributed by atoms with Crippen LogP contribution in [0, 0.1) is 5.82 Å². The van der Waals surface area contributed by atoms with E-state index in [0.717, 1.165) is 12.1 Å². The lowest BCUT2D eigenvalue weighted by Crippen LogP contribution is -2.21. The van der Waals surface area contributed by atoms with Gasteiger partial charge in [-0.1, -0.05) is 0 Å². The van der Waals surface area contributed by atoms with E-state index in [2.05, 4.69) is 5.32 Å². The van der Waals surface area contributed by atoms with Gasteiger partial charge in [-0.3, -0.25) is 4.79 Å². The van der Waals surface area contributed by atoms with E-state index in [1.54, 1.807) is 6.92 Å². The van der Waals surface area contributed by atoms with Crippen molar-refractivity contribution in [2.75, 3.05) is 18.5 Å². The number of amides is 1. The molecule has 6 nitrogen and oxygen atoms in total. The Labute approximate surface area is 143 Å². The van der Waals surface area contributed by atoms with E-state index in [1.807, 2.05) is 0 Å². The zero-order valence-electron chi connectivity index (χ0n) is 13.5. The number of ether oxygens (including phenoxy) is 2. The highest BCUT2D eigenvalue weighted by Crippen LogP contribution is 2.11. The van der Waals surface area contributed by atoms with E-state index in [-0.39, 0.29) is 12.2 Å². The fraction of sp³-hybridized carbons (Fsp3) is 0.167. The van der Waals surface area contributed by atoms with Gasteiger partial charge in [0, 0.05) is 5.69 Å². The summed E-state index contributed by atoms with van der Waals surface area (Å²) in [5.41, 5.74) is 0.950. The Kier molecular flexibility index (Phi) is 6.22. The highest BCUT2D eigenvalue weighted by atomic mass is 19.1. The summed E-state index contributed by atoms with van der Waals surface area (Å²) in [4.78, 5) is 35.0. The summed E-state index contributed by atoms with van der Waals surface area (Å²) in [6.07, 6.45) is 0. The molecule has 0 spiro atoms. The Balaban J connectivity index is 1.84. The number of anilines is 1. The molecule has 25 heavy (non-hydrogen) atoms. The maximum Gasteiger partial charge on any atom is 0.338 e. The Morgan fingerprint density at radius 1 is 0.880 bits per heavy atom. The first kappa shape index (κ1) is 18.1. The molecule has 0 aliphatic heterocycles. The van der Waals surface area contributed by atoms with Gasteiger partial charge in [-0.05, 0) is 55.5 Å². The van der Waals surface area contributed by atoms with Crippen molar-refractivity contribution in [3.8, 4) is 0 Å². The van der Waals surface area contributed by atoms with Crippen LogP contribution in [0.15, 0.2) is 48.5 Å². The van der Waals surface area contributed by atoms with Gasteiger partial charge in [0.1, 0.15) is 5.82 Å². The zero-order chi connectivity index (χ0) is 18.2. The van der Waals surface area contributed by atoms with Crippen LogP contribution in [0.5, 0.6) is 0 Å². The van der Waals surface area contributed by atoms with Crippen LogP contribution in [0.2, 0.25) is 0 Å². The molecule has 0 aliphatic rings. The molecule has 2 rings (SSSR count). The maximum atomic E-state index is 12.8. The summed E-state index contributed by atoms with van der Waals surface area (Å²) in [5.74, 6) is -2.19. The van der Waals surface area contributed by atoms with Gasteiger partial charge >= 0.3 is 11.9 Å². The minimum absolute atomic E-state index is 0.146. The Morgan fingerprint density at radius 2 is 1.40 bits per heavy atom. The van der Waals surface area contributed by atoms with E-state index in [1.165, 1.54) is 36.4 Å². The van der Waals surface area contributed by atoms with E-state index in [4.69, 9.17) is 9.47 Å². The fourth-order valence-electron chi connectivity index (χ4n) is 1.90. The highest BCUT2D eigenvalue weighted by Gasteiger charge is 2.11. The standard InChI is InChI=1S/C18H16FNO5/c1-2-24-17(22)13-5-9-15(10-6-13)20-16(21)11-25-18(23)12-3-7-14(19)8-4-12/h3-10H,2,11H2,1H3,(H,20,21). The molecule has 0 aromatic heterocycles. The van der Waals surface area contributed by atoms with Gasteiger partial charge in [-0.2, -0.15) is 0 Å². The molecule has 0 aliphatic carbocycles. The summed E-state index contributed by atoms with van der Waals surface area (Å²) in [5, 5.41) is 2.53. The predicted molar refractivity (Wildman–Crippen MR) is 87.7 cm³/mol. The lowest BCUT2D eigenvalue weighted by molar-refractivity contribution is -0.119. The number of esters is 2. The van der Waals surface area contributed by atoms with Gasteiger partial charge in [0.05, 0.1) is 17.7 Å². The van der Waals surface area contributed by atoms with Gasteiger partial charge in [0.25, 0.3) is 5.91 Å². The molecule has 0 saturated carbocycles. The van der Waals surface area contributed by atoms with Crippen LogP contribution in [0.3, 0.4) is 0 Å². The molecule has 7 heteroatoms. The smallest absolute Gasteiger partial charge is 0.338 e. The van der Waals surface area contributed by atoms with Crippen LogP contribution < -0.4 is 5.32 Å². The van der Waals surface area contributed by atoms with Crippen LogP contribution in [0.25, 0.3) is 0 Å². The number of rotatable bonds is 6.